The molecule has 18 heavy (non-hydrogen) atoms. The van der Waals surface area contributed by atoms with Crippen molar-refractivity contribution in [3.8, 4) is 0 Å². The van der Waals surface area contributed by atoms with Gasteiger partial charge in [0.25, 0.3) is 0 Å². The average molecular weight is 270 g/mol. The quantitative estimate of drug-likeness (QED) is 0.703. The second-order valence-electron chi connectivity index (χ2n) is 5.28. The molecule has 0 aliphatic heterocycles. The van der Waals surface area contributed by atoms with Gasteiger partial charge in [0.2, 0.25) is 0 Å². The highest BCUT2D eigenvalue weighted by molar-refractivity contribution is 7.09. The number of β-amino-alcohol motifs (C(OH)–C–C–N with tert-alkyl or cyclic N) is 1. The molecule has 4 nitrogen and oxygen atoms in total. The summed E-state index contributed by atoms with van der Waals surface area (Å²) in [7, 11) is 0. The Morgan fingerprint density at radius 2 is 2.39 bits per heavy atom. The van der Waals surface area contributed by atoms with E-state index in [1.54, 1.807) is 11.3 Å². The van der Waals surface area contributed by atoms with Gasteiger partial charge in [0.1, 0.15) is 0 Å². The number of hydrogen-bond acceptors (Lipinski definition) is 5. The molecular formula is C13H22N2O2S. The molecule has 5 heteroatoms. The van der Waals surface area contributed by atoms with Crippen LogP contribution in [0.2, 0.25) is 0 Å². The molecule has 102 valence electrons. The average Bonchev–Trinajstić information content (AvgIpc) is 2.94. The first-order valence-electron chi connectivity index (χ1n) is 6.49. The van der Waals surface area contributed by atoms with Crippen molar-refractivity contribution in [3.05, 3.63) is 16.1 Å². The molecule has 0 amide bonds. The zero-order valence-electron chi connectivity index (χ0n) is 11.1. The van der Waals surface area contributed by atoms with Crippen molar-refractivity contribution in [1.82, 2.24) is 10.3 Å². The lowest BCUT2D eigenvalue weighted by Gasteiger charge is -2.16. The van der Waals surface area contributed by atoms with E-state index in [2.05, 4.69) is 17.2 Å². The molecule has 1 atom stereocenters. The van der Waals surface area contributed by atoms with Gasteiger partial charge in [-0.05, 0) is 26.7 Å². The molecule has 0 bridgehead atoms. The van der Waals surface area contributed by atoms with E-state index in [4.69, 9.17) is 4.74 Å². The van der Waals surface area contributed by atoms with Crippen molar-refractivity contribution in [2.24, 2.45) is 0 Å². The van der Waals surface area contributed by atoms with Crippen LogP contribution in [0.5, 0.6) is 0 Å². The molecular weight excluding hydrogens is 248 g/mol. The highest BCUT2D eigenvalue weighted by Gasteiger charge is 2.36. The summed E-state index contributed by atoms with van der Waals surface area (Å²) in [6.45, 7) is 5.88. The Kier molecular flexibility index (Phi) is 4.72. The Bertz CT molecular complexity index is 377. The first-order valence-corrected chi connectivity index (χ1v) is 7.37. The highest BCUT2D eigenvalue weighted by Crippen LogP contribution is 2.33. The maximum absolute atomic E-state index is 9.75. The number of hydrogen-bond donors (Lipinski definition) is 2. The fourth-order valence-electron chi connectivity index (χ4n) is 1.74. The maximum Gasteiger partial charge on any atom is 0.0897 e. The molecule has 2 rings (SSSR count). The Morgan fingerprint density at radius 1 is 1.61 bits per heavy atom. The van der Waals surface area contributed by atoms with E-state index in [0.29, 0.717) is 19.8 Å². The minimum Gasteiger partial charge on any atom is -0.389 e. The molecule has 0 radical (unpaired) electrons. The first-order chi connectivity index (χ1) is 8.59. The Balaban J connectivity index is 1.53. The number of aromatic nitrogens is 1. The zero-order chi connectivity index (χ0) is 13.0. The summed E-state index contributed by atoms with van der Waals surface area (Å²) in [5.41, 5.74) is 3.23. The molecule has 1 aliphatic carbocycles. The Morgan fingerprint density at radius 3 is 3.00 bits per heavy atom. The number of aliphatic hydroxyl groups is 1. The molecule has 1 aliphatic rings. The summed E-state index contributed by atoms with van der Waals surface area (Å²) >= 11 is 1.66. The molecule has 1 unspecified atom stereocenters. The number of aryl methyl sites for hydroxylation is 1. The summed E-state index contributed by atoms with van der Waals surface area (Å²) in [5, 5.41) is 13.1. The largest absolute Gasteiger partial charge is 0.389 e. The predicted octanol–water partition coefficient (Wildman–Crippen LogP) is 1.51. The van der Waals surface area contributed by atoms with Gasteiger partial charge in [0.15, 0.2) is 0 Å². The van der Waals surface area contributed by atoms with E-state index < -0.39 is 6.10 Å². The van der Waals surface area contributed by atoms with Crippen LogP contribution in [0, 0.1) is 6.92 Å². The van der Waals surface area contributed by atoms with E-state index in [1.807, 2.05) is 12.4 Å². The van der Waals surface area contributed by atoms with Gasteiger partial charge in [-0.2, -0.15) is 0 Å². The number of ether oxygens (including phenoxy) is 1. The molecule has 0 spiro atoms. The fourth-order valence-corrected chi connectivity index (χ4v) is 2.50. The van der Waals surface area contributed by atoms with Crippen molar-refractivity contribution < 1.29 is 9.84 Å². The maximum atomic E-state index is 9.75. The van der Waals surface area contributed by atoms with Crippen molar-refractivity contribution >= 4 is 11.3 Å². The number of rotatable bonds is 8. The van der Waals surface area contributed by atoms with Crippen molar-refractivity contribution in [2.75, 3.05) is 19.8 Å². The van der Waals surface area contributed by atoms with Crippen molar-refractivity contribution in [2.45, 2.75) is 44.8 Å². The predicted molar refractivity (Wildman–Crippen MR) is 73.0 cm³/mol. The fraction of sp³-hybridized carbons (Fsp3) is 0.769. The third-order valence-corrected chi connectivity index (χ3v) is 4.39. The number of nitrogens with one attached hydrogen (secondary N) is 1. The summed E-state index contributed by atoms with van der Waals surface area (Å²) < 4.78 is 5.50. The van der Waals surface area contributed by atoms with Crippen LogP contribution < -0.4 is 5.32 Å². The van der Waals surface area contributed by atoms with Crippen molar-refractivity contribution in [1.29, 1.82) is 0 Å². The van der Waals surface area contributed by atoms with Gasteiger partial charge in [-0.15, -0.1) is 11.3 Å². The van der Waals surface area contributed by atoms with Gasteiger partial charge in [0.05, 0.1) is 30.5 Å². The normalized spacial score (nSPS) is 18.8. The summed E-state index contributed by atoms with van der Waals surface area (Å²) in [6.07, 6.45) is 2.90. The van der Waals surface area contributed by atoms with Crippen LogP contribution in [0.3, 0.4) is 0 Å². The van der Waals surface area contributed by atoms with E-state index >= 15 is 0 Å². The van der Waals surface area contributed by atoms with Crippen LogP contribution in [0.1, 0.15) is 30.3 Å². The second kappa shape index (κ2) is 6.10. The topological polar surface area (TPSA) is 54.4 Å². The second-order valence-corrected chi connectivity index (χ2v) is 6.22. The van der Waals surface area contributed by atoms with Crippen LogP contribution in [0.4, 0.5) is 0 Å². The van der Waals surface area contributed by atoms with Crippen LogP contribution in [0.25, 0.3) is 0 Å². The third kappa shape index (κ3) is 4.31. The zero-order valence-corrected chi connectivity index (χ0v) is 11.9. The number of thiazole rings is 1. The van der Waals surface area contributed by atoms with Gasteiger partial charge >= 0.3 is 0 Å². The van der Waals surface area contributed by atoms with Gasteiger partial charge < -0.3 is 15.2 Å². The van der Waals surface area contributed by atoms with E-state index in [1.165, 1.54) is 17.7 Å². The van der Waals surface area contributed by atoms with Gasteiger partial charge in [-0.1, -0.05) is 0 Å². The van der Waals surface area contributed by atoms with E-state index in [-0.39, 0.29) is 5.54 Å². The van der Waals surface area contributed by atoms with E-state index in [9.17, 15) is 5.11 Å². The molecule has 1 fully saturated rings. The molecule has 0 saturated heterocycles. The molecule has 1 saturated carbocycles. The molecule has 1 aromatic heterocycles. The molecule has 1 aromatic rings. The van der Waals surface area contributed by atoms with Gasteiger partial charge in [-0.3, -0.25) is 0 Å². The van der Waals surface area contributed by atoms with Gasteiger partial charge in [0, 0.05) is 23.4 Å². The lowest BCUT2D eigenvalue weighted by Crippen LogP contribution is -2.37. The van der Waals surface area contributed by atoms with Crippen molar-refractivity contribution in [3.63, 3.8) is 0 Å². The van der Waals surface area contributed by atoms with Crippen LogP contribution in [-0.4, -0.2) is 41.5 Å². The summed E-state index contributed by atoms with van der Waals surface area (Å²) in [5.74, 6) is 0. The smallest absolute Gasteiger partial charge is 0.0897 e. The van der Waals surface area contributed by atoms with Crippen LogP contribution in [0.15, 0.2) is 5.51 Å². The van der Waals surface area contributed by atoms with Gasteiger partial charge in [-0.25, -0.2) is 4.98 Å². The SMILES string of the molecule is Cc1ncsc1CCOCC(O)CNC1(C)CC1. The minimum atomic E-state index is -0.412. The first kappa shape index (κ1) is 13.9. The third-order valence-electron chi connectivity index (χ3n) is 3.39. The monoisotopic (exact) mass is 270 g/mol. The lowest BCUT2D eigenvalue weighted by atomic mass is 10.3. The number of aliphatic hydroxyl groups excluding tert-OH is 1. The summed E-state index contributed by atoms with van der Waals surface area (Å²) in [4.78, 5) is 5.47. The number of nitrogens with zero attached hydrogens (tertiary/aromatic N) is 1. The molecule has 2 N–H and O–H groups in total. The molecule has 0 aromatic carbocycles. The van der Waals surface area contributed by atoms with E-state index in [0.717, 1.165) is 12.1 Å². The van der Waals surface area contributed by atoms with Crippen LogP contribution >= 0.6 is 11.3 Å². The highest BCUT2D eigenvalue weighted by atomic mass is 32.1. The summed E-state index contributed by atoms with van der Waals surface area (Å²) in [6, 6.07) is 0. The van der Waals surface area contributed by atoms with Crippen LogP contribution in [-0.2, 0) is 11.2 Å². The lowest BCUT2D eigenvalue weighted by molar-refractivity contribution is 0.0369. The Hall–Kier alpha value is -0.490. The standard InChI is InChI=1S/C13H22N2O2S/c1-10-12(18-9-14-10)3-6-17-8-11(16)7-15-13(2)4-5-13/h9,11,15-16H,3-8H2,1-2H3. The Labute approximate surface area is 112 Å². The molecule has 1 heterocycles. The minimum absolute atomic E-state index is 0.279.